The molecule has 3 aromatic carbocycles. The van der Waals surface area contributed by atoms with E-state index in [2.05, 4.69) is 12.0 Å². The second-order valence-electron chi connectivity index (χ2n) is 20.7. The van der Waals surface area contributed by atoms with Gasteiger partial charge in [0.1, 0.15) is 12.2 Å². The van der Waals surface area contributed by atoms with Crippen LogP contribution in [-0.2, 0) is 60.4 Å². The summed E-state index contributed by atoms with van der Waals surface area (Å²) in [6.45, 7) is 7.37. The summed E-state index contributed by atoms with van der Waals surface area (Å²) in [7, 11) is 1.48. The number of esters is 2. The van der Waals surface area contributed by atoms with E-state index in [0.29, 0.717) is 17.8 Å². The molecule has 4 aromatic rings. The van der Waals surface area contributed by atoms with E-state index in [-0.39, 0.29) is 31.2 Å². The number of aromatic nitrogens is 2. The second kappa shape index (κ2) is 27.6. The first-order chi connectivity index (χ1) is 36.7. The maximum absolute atomic E-state index is 15.4. The molecule has 0 unspecified atom stereocenters. The zero-order valence-corrected chi connectivity index (χ0v) is 45.2. The fourth-order valence-corrected chi connectivity index (χ4v) is 10.7. The van der Waals surface area contributed by atoms with Crippen molar-refractivity contribution in [2.24, 2.45) is 0 Å². The number of benzene rings is 3. The van der Waals surface area contributed by atoms with Gasteiger partial charge in [0.15, 0.2) is 5.79 Å². The van der Waals surface area contributed by atoms with Crippen molar-refractivity contribution in [1.82, 2.24) is 9.78 Å². The summed E-state index contributed by atoms with van der Waals surface area (Å²) >= 11 is 0. The van der Waals surface area contributed by atoms with E-state index in [1.54, 1.807) is 51.1 Å². The van der Waals surface area contributed by atoms with Crippen molar-refractivity contribution in [3.8, 4) is 5.69 Å². The summed E-state index contributed by atoms with van der Waals surface area (Å²) in [4.78, 5) is 43.0. The smallest absolute Gasteiger partial charge is 0.432 e. The lowest BCUT2D eigenvalue weighted by Gasteiger charge is -2.36. The topological polar surface area (TPSA) is 134 Å². The first-order valence-corrected chi connectivity index (χ1v) is 27.1. The zero-order chi connectivity index (χ0) is 55.9. The van der Waals surface area contributed by atoms with Gasteiger partial charge in [0, 0.05) is 37.3 Å². The van der Waals surface area contributed by atoms with E-state index in [0.717, 1.165) is 68.9 Å². The van der Waals surface area contributed by atoms with E-state index >= 15 is 26.3 Å². The molecule has 8 atom stereocenters. The predicted octanol–water partition coefficient (Wildman–Crippen LogP) is 13.1. The molecule has 18 heteroatoms. The van der Waals surface area contributed by atoms with Crippen LogP contribution in [0.4, 0.5) is 26.3 Å². The number of hydrogen-bond donors (Lipinski definition) is 0. The van der Waals surface area contributed by atoms with Crippen LogP contribution in [0.5, 0.6) is 0 Å². The van der Waals surface area contributed by atoms with Gasteiger partial charge in [-0.15, -0.1) is 0 Å². The minimum absolute atomic E-state index is 0.00189. The van der Waals surface area contributed by atoms with Crippen LogP contribution in [-0.4, -0.2) is 90.7 Å². The van der Waals surface area contributed by atoms with Gasteiger partial charge in [-0.25, -0.2) is 9.59 Å². The Balaban J connectivity index is 1.29. The molecule has 0 aliphatic carbocycles. The highest BCUT2D eigenvalue weighted by Crippen LogP contribution is 2.46. The average molecular weight is 1090 g/mol. The van der Waals surface area contributed by atoms with E-state index in [9.17, 15) is 14.4 Å². The number of hydrogen-bond acceptors (Lipinski definition) is 11. The number of alkyl halides is 6. The number of ether oxygens (including phenoxy) is 7. The largest absolute Gasteiger partial charge is 0.457 e. The molecule has 1 aromatic heterocycles. The van der Waals surface area contributed by atoms with Crippen LogP contribution in [0, 0.1) is 6.92 Å². The Hall–Kier alpha value is -5.14. The van der Waals surface area contributed by atoms with Crippen LogP contribution < -0.4 is 5.56 Å². The lowest BCUT2D eigenvalue weighted by molar-refractivity contribution is -0.280. The highest BCUT2D eigenvalue weighted by molar-refractivity contribution is 5.83. The Kier molecular flexibility index (Phi) is 21.9. The second-order valence-corrected chi connectivity index (χ2v) is 20.7. The van der Waals surface area contributed by atoms with Crippen molar-refractivity contribution in [3.63, 3.8) is 0 Å². The molecular weight excluding hydrogens is 1010 g/mol. The summed E-state index contributed by atoms with van der Waals surface area (Å²) in [5.74, 6) is -4.63. The number of carbonyl (C=O) groups is 2. The number of unbranched alkanes of at least 4 members (excludes halogenated alkanes) is 11. The lowest BCUT2D eigenvalue weighted by atomic mass is 9.92. The molecule has 0 N–H and O–H groups in total. The highest BCUT2D eigenvalue weighted by Gasteiger charge is 2.66. The molecule has 0 bridgehead atoms. The number of methoxy groups -OCH3 is 2. The molecular formula is C59H76F6N2O10. The van der Waals surface area contributed by atoms with Gasteiger partial charge >= 0.3 is 24.3 Å². The third kappa shape index (κ3) is 15.2. The molecule has 77 heavy (non-hydrogen) atoms. The summed E-state index contributed by atoms with van der Waals surface area (Å²) < 4.78 is 135. The van der Waals surface area contributed by atoms with E-state index in [1.807, 2.05) is 0 Å². The van der Waals surface area contributed by atoms with Crippen molar-refractivity contribution < 1.29 is 69.1 Å². The summed E-state index contributed by atoms with van der Waals surface area (Å²) in [6.07, 6.45) is -3.17. The summed E-state index contributed by atoms with van der Waals surface area (Å²) in [5, 5.41) is 4.37. The molecule has 0 amide bonds. The number of aryl methyl sites for hydroxylation is 1. The van der Waals surface area contributed by atoms with Gasteiger partial charge in [0.25, 0.3) is 16.8 Å². The van der Waals surface area contributed by atoms with Crippen molar-refractivity contribution >= 4 is 11.9 Å². The number of nitrogens with zero attached hydrogens (tertiary/aromatic N) is 2. The van der Waals surface area contributed by atoms with Crippen LogP contribution in [0.25, 0.3) is 5.69 Å². The Morgan fingerprint density at radius 3 is 1.55 bits per heavy atom. The fourth-order valence-electron chi connectivity index (χ4n) is 10.7. The Labute approximate surface area is 448 Å². The zero-order valence-electron chi connectivity index (χ0n) is 45.2. The highest BCUT2D eigenvalue weighted by atomic mass is 19.4. The van der Waals surface area contributed by atoms with Crippen LogP contribution in [0.2, 0.25) is 0 Å². The van der Waals surface area contributed by atoms with Gasteiger partial charge in [-0.3, -0.25) is 4.79 Å². The van der Waals surface area contributed by atoms with Crippen LogP contribution in [0.1, 0.15) is 152 Å². The maximum Gasteiger partial charge on any atom is 0.432 e. The first kappa shape index (κ1) is 61.1. The normalized spacial score (nSPS) is 21.0. The van der Waals surface area contributed by atoms with Crippen molar-refractivity contribution in [3.05, 3.63) is 130 Å². The molecule has 12 nitrogen and oxygen atoms in total. The third-order valence-corrected chi connectivity index (χ3v) is 14.7. The molecule has 424 valence electrons. The van der Waals surface area contributed by atoms with Gasteiger partial charge in [0.2, 0.25) is 0 Å². The van der Waals surface area contributed by atoms with Gasteiger partial charge in [0.05, 0.1) is 35.8 Å². The standard InChI is InChI=1S/C59H76F6N2O10/c1-7-8-9-10-11-12-13-14-15-16-17-27-34-49-50(77-55(3,4)76-49)38-37-47(74-53(69)56(71-5,58(60,61)62)43-28-21-18-22-29-43)46-35-36-48(73-46)51(40-42-39-41(2)66-67(52(42)68)45-32-25-20-26-33-45)75-54(70)57(72-6,59(63,64)65)44-30-23-19-24-31-44/h18-26,28-33,39,46-51H,7-17,27,34-38,40H2,1-6H3/t46-,47-,48-,49-,50-,51-,56-,57-/m0/s1. The van der Waals surface area contributed by atoms with Crippen LogP contribution >= 0.6 is 0 Å². The minimum atomic E-state index is -5.37. The van der Waals surface area contributed by atoms with Crippen molar-refractivity contribution in [2.45, 2.75) is 209 Å². The number of halogens is 6. The Morgan fingerprint density at radius 2 is 1.08 bits per heavy atom. The number of carbonyl (C=O) groups excluding carboxylic acids is 2. The summed E-state index contributed by atoms with van der Waals surface area (Å²) in [6, 6.07) is 22.4. The number of rotatable bonds is 29. The van der Waals surface area contributed by atoms with Gasteiger partial charge in [-0.1, -0.05) is 163 Å². The molecule has 2 fully saturated rings. The van der Waals surface area contributed by atoms with Crippen molar-refractivity contribution in [1.29, 1.82) is 0 Å². The average Bonchev–Trinajstić information content (AvgIpc) is 4.01. The Bertz CT molecular complexity index is 2510. The molecule has 0 saturated carbocycles. The van der Waals surface area contributed by atoms with E-state index in [4.69, 9.17) is 33.2 Å². The molecule has 2 saturated heterocycles. The summed E-state index contributed by atoms with van der Waals surface area (Å²) in [5.41, 5.74) is -8.26. The fraction of sp³-hybridized carbons (Fsp3) is 0.593. The molecule has 3 heterocycles. The van der Waals surface area contributed by atoms with Crippen LogP contribution in [0.15, 0.2) is 102 Å². The SMILES string of the molecule is CCCCCCCCCCCCCC[C@@H]1OC(C)(C)O[C@H]1CC[C@H](OC(=O)[C@@](OC)(c1ccccc1)C(F)(F)F)[C@@H]1CC[C@@H]([C@H](Cc2cc(C)nn(-c3ccccc3)c2=O)OC(=O)[C@@](OC)(c2ccccc2)C(F)(F)F)O1. The van der Waals surface area contributed by atoms with E-state index < -0.39 is 101 Å². The quantitative estimate of drug-likeness (QED) is 0.0292. The predicted molar refractivity (Wildman–Crippen MR) is 277 cm³/mol. The molecule has 2 aliphatic rings. The van der Waals surface area contributed by atoms with Gasteiger partial charge in [-0.05, 0) is 71.1 Å². The third-order valence-electron chi connectivity index (χ3n) is 14.7. The van der Waals surface area contributed by atoms with Crippen molar-refractivity contribution in [2.75, 3.05) is 14.2 Å². The Morgan fingerprint density at radius 1 is 0.649 bits per heavy atom. The molecule has 0 radical (unpaired) electrons. The van der Waals surface area contributed by atoms with Gasteiger partial charge in [-0.2, -0.15) is 36.1 Å². The van der Waals surface area contributed by atoms with Crippen LogP contribution in [0.3, 0.4) is 0 Å². The minimum Gasteiger partial charge on any atom is -0.457 e. The molecule has 6 rings (SSSR count). The first-order valence-electron chi connectivity index (χ1n) is 27.1. The van der Waals surface area contributed by atoms with Gasteiger partial charge < -0.3 is 33.2 Å². The molecule has 0 spiro atoms. The molecule has 2 aliphatic heterocycles. The maximum atomic E-state index is 15.4. The lowest BCUT2D eigenvalue weighted by Crippen LogP contribution is -2.54. The monoisotopic (exact) mass is 1090 g/mol. The van der Waals surface area contributed by atoms with E-state index in [1.165, 1.54) is 93.8 Å². The number of para-hydroxylation sites is 1.